The van der Waals surface area contributed by atoms with Crippen LogP contribution in [0.4, 0.5) is 11.4 Å². The predicted molar refractivity (Wildman–Crippen MR) is 215 cm³/mol. The molecule has 15 heteroatoms. The summed E-state index contributed by atoms with van der Waals surface area (Å²) in [7, 11) is 0. The van der Waals surface area contributed by atoms with Crippen molar-refractivity contribution in [2.75, 3.05) is 81.9 Å². The number of hydrogen-bond acceptors (Lipinski definition) is 11. The molecule has 15 nitrogen and oxygen atoms in total. The lowest BCUT2D eigenvalue weighted by atomic mass is 10.1. The second kappa shape index (κ2) is 17.0. The lowest BCUT2D eigenvalue weighted by molar-refractivity contribution is -0.124. The Morgan fingerprint density at radius 3 is 2.61 bits per heavy atom. The van der Waals surface area contributed by atoms with E-state index in [4.69, 9.17) is 19.6 Å². The van der Waals surface area contributed by atoms with Gasteiger partial charge in [0, 0.05) is 64.3 Å². The molecule has 8 rings (SSSR count). The van der Waals surface area contributed by atoms with Crippen LogP contribution in [-0.4, -0.2) is 121 Å². The van der Waals surface area contributed by atoms with Gasteiger partial charge in [0.2, 0.25) is 12.2 Å². The summed E-state index contributed by atoms with van der Waals surface area (Å²) >= 11 is 0. The molecule has 294 valence electrons. The zero-order valence-corrected chi connectivity index (χ0v) is 31.5. The Morgan fingerprint density at radius 1 is 0.911 bits per heavy atom. The van der Waals surface area contributed by atoms with Gasteiger partial charge in [0.05, 0.1) is 52.5 Å². The first-order chi connectivity index (χ1) is 27.4. The third-order valence-electron chi connectivity index (χ3n) is 11.0. The number of benzene rings is 3. The molecule has 5 aromatic rings. The minimum absolute atomic E-state index is 0.0372. The van der Waals surface area contributed by atoms with Gasteiger partial charge in [-0.05, 0) is 68.8 Å². The van der Waals surface area contributed by atoms with Crippen molar-refractivity contribution in [2.45, 2.75) is 38.0 Å². The number of oxazole rings is 1. The highest BCUT2D eigenvalue weighted by Gasteiger charge is 2.33. The zero-order valence-electron chi connectivity index (χ0n) is 31.5. The Hall–Kier alpha value is -5.64. The summed E-state index contributed by atoms with van der Waals surface area (Å²) in [5.41, 5.74) is 12.0. The number of piperazine rings is 2. The molecule has 3 aromatic carbocycles. The Balaban J connectivity index is 0.860. The van der Waals surface area contributed by atoms with Crippen molar-refractivity contribution in [1.82, 2.24) is 30.1 Å². The van der Waals surface area contributed by atoms with E-state index in [2.05, 4.69) is 45.9 Å². The summed E-state index contributed by atoms with van der Waals surface area (Å²) in [5, 5.41) is 3.12. The van der Waals surface area contributed by atoms with Gasteiger partial charge in [0.25, 0.3) is 5.91 Å². The van der Waals surface area contributed by atoms with Crippen LogP contribution in [0.15, 0.2) is 81.8 Å². The quantitative estimate of drug-likeness (QED) is 0.115. The first kappa shape index (κ1) is 37.3. The average Bonchev–Trinajstić information content (AvgIpc) is 3.86. The normalized spacial score (nSPS) is 19.2. The first-order valence-corrected chi connectivity index (χ1v) is 19.6. The van der Waals surface area contributed by atoms with Crippen molar-refractivity contribution in [3.63, 3.8) is 0 Å². The second-order valence-electron chi connectivity index (χ2n) is 14.7. The monoisotopic (exact) mass is 763 g/mol. The molecule has 0 spiro atoms. The number of ether oxygens (including phenoxy) is 2. The number of carbonyl (C=O) groups excluding carboxylic acids is 2. The fourth-order valence-electron chi connectivity index (χ4n) is 8.04. The summed E-state index contributed by atoms with van der Waals surface area (Å²) in [5.74, 6) is -0.293. The smallest absolute Gasteiger partial charge is 0.417 e. The number of amides is 2. The number of fused-ring (bicyclic) bond motifs is 3. The molecule has 2 unspecified atom stereocenters. The largest absolute Gasteiger partial charge is 0.460 e. The number of nitrogens with zero attached hydrogens (tertiary/aromatic N) is 5. The SMILES string of the molecule is NC(=O)CCCN1CCN(c2cccc3nc[nH]c23)CC1COC1Oc2ccccc2C=C1C(=O)NCCCCN1CCN(c2cccc3[nH]c(=O)oc23)CC1. The van der Waals surface area contributed by atoms with E-state index in [1.54, 1.807) is 6.33 Å². The minimum Gasteiger partial charge on any atom is -0.460 e. The van der Waals surface area contributed by atoms with Crippen molar-refractivity contribution in [3.05, 3.63) is 88.7 Å². The first-order valence-electron chi connectivity index (χ1n) is 19.6. The molecule has 56 heavy (non-hydrogen) atoms. The van der Waals surface area contributed by atoms with Crippen LogP contribution in [0, 0.1) is 0 Å². The molecular weight excluding hydrogens is 715 g/mol. The molecular formula is C41H49N9O6. The lowest BCUT2D eigenvalue weighted by Gasteiger charge is -2.43. The van der Waals surface area contributed by atoms with Gasteiger partial charge in [-0.2, -0.15) is 0 Å². The van der Waals surface area contributed by atoms with Crippen LogP contribution in [0.1, 0.15) is 31.2 Å². The van der Waals surface area contributed by atoms with Crippen molar-refractivity contribution in [3.8, 4) is 5.75 Å². The second-order valence-corrected chi connectivity index (χ2v) is 14.7. The molecule has 3 aliphatic heterocycles. The van der Waals surface area contributed by atoms with E-state index >= 15 is 0 Å². The number of para-hydroxylation sites is 3. The van der Waals surface area contributed by atoms with E-state index in [0.717, 1.165) is 86.6 Å². The van der Waals surface area contributed by atoms with E-state index in [0.29, 0.717) is 61.5 Å². The molecule has 3 aliphatic rings. The van der Waals surface area contributed by atoms with Crippen LogP contribution in [-0.2, 0) is 14.3 Å². The van der Waals surface area contributed by atoms with Crippen molar-refractivity contribution < 1.29 is 23.5 Å². The number of hydrogen-bond donors (Lipinski definition) is 4. The molecule has 2 atom stereocenters. The van der Waals surface area contributed by atoms with Gasteiger partial charge in [0.15, 0.2) is 5.58 Å². The summed E-state index contributed by atoms with van der Waals surface area (Å²) in [6.07, 6.45) is 5.45. The highest BCUT2D eigenvalue weighted by Crippen LogP contribution is 2.32. The van der Waals surface area contributed by atoms with E-state index in [1.807, 2.05) is 60.7 Å². The molecule has 2 fully saturated rings. The molecule has 5 heterocycles. The van der Waals surface area contributed by atoms with Gasteiger partial charge >= 0.3 is 5.76 Å². The maximum absolute atomic E-state index is 13.7. The Labute approximate surface area is 324 Å². The summed E-state index contributed by atoms with van der Waals surface area (Å²) in [6.45, 7) is 8.21. The van der Waals surface area contributed by atoms with Crippen molar-refractivity contribution in [1.29, 1.82) is 0 Å². The predicted octanol–water partition coefficient (Wildman–Crippen LogP) is 3.29. The topological polar surface area (TPSA) is 178 Å². The summed E-state index contributed by atoms with van der Waals surface area (Å²) in [4.78, 5) is 56.9. The number of anilines is 2. The third-order valence-corrected chi connectivity index (χ3v) is 11.0. The number of aromatic nitrogens is 3. The maximum Gasteiger partial charge on any atom is 0.417 e. The number of primary amides is 1. The molecule has 2 saturated heterocycles. The Kier molecular flexibility index (Phi) is 11.3. The van der Waals surface area contributed by atoms with Crippen LogP contribution in [0.5, 0.6) is 5.75 Å². The van der Waals surface area contributed by atoms with Crippen molar-refractivity contribution >= 4 is 51.4 Å². The van der Waals surface area contributed by atoms with Crippen LogP contribution in [0.3, 0.4) is 0 Å². The average molecular weight is 764 g/mol. The number of unbranched alkanes of at least 4 members (excludes halogenated alkanes) is 1. The lowest BCUT2D eigenvalue weighted by Crippen LogP contribution is -2.56. The van der Waals surface area contributed by atoms with Gasteiger partial charge in [-0.3, -0.25) is 24.4 Å². The van der Waals surface area contributed by atoms with Crippen molar-refractivity contribution in [2.24, 2.45) is 5.73 Å². The molecule has 2 aromatic heterocycles. The van der Waals surface area contributed by atoms with Gasteiger partial charge in [-0.25, -0.2) is 9.78 Å². The molecule has 0 bridgehead atoms. The minimum atomic E-state index is -0.884. The van der Waals surface area contributed by atoms with Crippen LogP contribution in [0.2, 0.25) is 0 Å². The number of H-pyrrole nitrogens is 2. The van der Waals surface area contributed by atoms with E-state index < -0.39 is 12.0 Å². The Morgan fingerprint density at radius 2 is 1.73 bits per heavy atom. The fourth-order valence-corrected chi connectivity index (χ4v) is 8.04. The van der Waals surface area contributed by atoms with E-state index in [-0.39, 0.29) is 17.9 Å². The molecule has 0 saturated carbocycles. The van der Waals surface area contributed by atoms with Gasteiger partial charge in [0.1, 0.15) is 5.75 Å². The highest BCUT2D eigenvalue weighted by molar-refractivity contribution is 5.99. The molecule has 5 N–H and O–H groups in total. The number of nitrogens with two attached hydrogens (primary N) is 1. The molecule has 0 aliphatic carbocycles. The fraction of sp³-hybridized carbons (Fsp3) is 0.415. The van der Waals surface area contributed by atoms with E-state index in [1.165, 1.54) is 0 Å². The third kappa shape index (κ3) is 8.44. The summed E-state index contributed by atoms with van der Waals surface area (Å²) in [6, 6.07) is 19.5. The van der Waals surface area contributed by atoms with Crippen LogP contribution in [0.25, 0.3) is 28.2 Å². The highest BCUT2D eigenvalue weighted by atomic mass is 16.7. The number of carbonyl (C=O) groups is 2. The van der Waals surface area contributed by atoms with Crippen LogP contribution < -0.4 is 31.3 Å². The number of imidazole rings is 1. The maximum atomic E-state index is 13.7. The van der Waals surface area contributed by atoms with Gasteiger partial charge < -0.3 is 39.7 Å². The molecule has 0 radical (unpaired) electrons. The van der Waals surface area contributed by atoms with Gasteiger partial charge in [-0.15, -0.1) is 0 Å². The van der Waals surface area contributed by atoms with Gasteiger partial charge in [-0.1, -0.05) is 30.3 Å². The Bertz CT molecular complexity index is 2240. The number of nitrogens with one attached hydrogen (secondary N) is 3. The van der Waals surface area contributed by atoms with Crippen LogP contribution >= 0.6 is 0 Å². The number of rotatable bonds is 15. The molecule has 2 amide bonds. The summed E-state index contributed by atoms with van der Waals surface area (Å²) < 4.78 is 18.3. The number of aromatic amines is 2. The zero-order chi connectivity index (χ0) is 38.4. The standard InChI is InChI=1S/C41H49N9O6/c42-36(51)14-7-17-48-22-23-50(33-11-5-9-31-37(33)45-27-44-31)25-29(48)26-54-40-30(24-28-8-1-2-13-35(28)55-40)39(52)43-15-3-4-16-47-18-20-49(21-19-47)34-12-6-10-32-38(34)56-41(53)46-32/h1-2,5-6,8-13,24,27,29,40H,3-4,7,14-23,25-26H2,(H2,42,51)(H,43,52)(H,44,45)(H,46,53). The van der Waals surface area contributed by atoms with E-state index in [9.17, 15) is 14.4 Å².